The van der Waals surface area contributed by atoms with Gasteiger partial charge in [-0.25, -0.2) is 4.39 Å². The van der Waals surface area contributed by atoms with Crippen molar-refractivity contribution in [2.45, 2.75) is 39.4 Å². The molecule has 0 saturated carbocycles. The Morgan fingerprint density at radius 2 is 1.76 bits per heavy atom. The Bertz CT molecular complexity index is 743. The average Bonchev–Trinajstić information content (AvgIpc) is 2.60. The maximum absolute atomic E-state index is 14.4. The van der Waals surface area contributed by atoms with E-state index < -0.39 is 30.0 Å². The molecule has 2 aromatic rings. The largest absolute Gasteiger partial charge is 0.425 e. The number of carbonyl (C=O) groups excluding carboxylic acids is 2. The lowest BCUT2D eigenvalue weighted by Crippen LogP contribution is -2.25. The van der Waals surface area contributed by atoms with E-state index >= 15 is 0 Å². The molecule has 0 heterocycles. The SMILES string of the molecule is CCC(OC(C)=O)OC(=O)C(C)c1ccc(-c2ccccc2)c(F)c1. The highest BCUT2D eigenvalue weighted by atomic mass is 19.1. The van der Waals surface area contributed by atoms with Gasteiger partial charge >= 0.3 is 11.9 Å². The van der Waals surface area contributed by atoms with Gasteiger partial charge in [-0.1, -0.05) is 49.4 Å². The van der Waals surface area contributed by atoms with Crippen molar-refractivity contribution in [2.24, 2.45) is 0 Å². The lowest BCUT2D eigenvalue weighted by Gasteiger charge is -2.19. The van der Waals surface area contributed by atoms with Gasteiger partial charge in [0.25, 0.3) is 0 Å². The molecule has 0 bridgehead atoms. The molecule has 25 heavy (non-hydrogen) atoms. The van der Waals surface area contributed by atoms with E-state index in [2.05, 4.69) is 0 Å². The van der Waals surface area contributed by atoms with E-state index in [0.29, 0.717) is 17.5 Å². The van der Waals surface area contributed by atoms with E-state index in [4.69, 9.17) is 9.47 Å². The van der Waals surface area contributed by atoms with Gasteiger partial charge in [0.2, 0.25) is 6.29 Å². The zero-order valence-corrected chi connectivity index (χ0v) is 14.5. The van der Waals surface area contributed by atoms with Crippen molar-refractivity contribution < 1.29 is 23.5 Å². The predicted octanol–water partition coefficient (Wildman–Crippen LogP) is 4.44. The van der Waals surface area contributed by atoms with Crippen molar-refractivity contribution in [3.8, 4) is 11.1 Å². The van der Waals surface area contributed by atoms with Crippen molar-refractivity contribution in [2.75, 3.05) is 0 Å². The van der Waals surface area contributed by atoms with Crippen molar-refractivity contribution in [1.82, 2.24) is 0 Å². The fourth-order valence-electron chi connectivity index (χ4n) is 2.40. The zero-order valence-electron chi connectivity index (χ0n) is 14.5. The molecule has 5 heteroatoms. The number of hydrogen-bond acceptors (Lipinski definition) is 4. The first kappa shape index (κ1) is 18.6. The molecule has 4 nitrogen and oxygen atoms in total. The highest BCUT2D eigenvalue weighted by molar-refractivity contribution is 5.78. The number of halogens is 1. The molecule has 0 amide bonds. The van der Waals surface area contributed by atoms with Crippen LogP contribution in [-0.4, -0.2) is 18.2 Å². The molecular weight excluding hydrogens is 323 g/mol. The molecule has 0 spiro atoms. The molecular formula is C20H21FO4. The maximum Gasteiger partial charge on any atom is 0.316 e. The van der Waals surface area contributed by atoms with Crippen LogP contribution >= 0.6 is 0 Å². The first-order chi connectivity index (χ1) is 11.9. The summed E-state index contributed by atoms with van der Waals surface area (Å²) in [6.07, 6.45) is -0.583. The summed E-state index contributed by atoms with van der Waals surface area (Å²) in [5, 5.41) is 0. The third-order valence-corrected chi connectivity index (χ3v) is 3.81. The molecule has 0 aliphatic carbocycles. The minimum Gasteiger partial charge on any atom is -0.425 e. The van der Waals surface area contributed by atoms with Crippen LogP contribution in [0.3, 0.4) is 0 Å². The summed E-state index contributed by atoms with van der Waals surface area (Å²) in [6, 6.07) is 13.9. The molecule has 2 rings (SSSR count). The number of esters is 2. The van der Waals surface area contributed by atoms with E-state index in [0.717, 1.165) is 5.56 Å². The van der Waals surface area contributed by atoms with Crippen LogP contribution in [0.25, 0.3) is 11.1 Å². The first-order valence-corrected chi connectivity index (χ1v) is 8.15. The maximum atomic E-state index is 14.4. The van der Waals surface area contributed by atoms with Gasteiger partial charge < -0.3 is 9.47 Å². The van der Waals surface area contributed by atoms with E-state index in [1.807, 2.05) is 30.3 Å². The Balaban J connectivity index is 2.14. The number of carbonyl (C=O) groups is 2. The van der Waals surface area contributed by atoms with Crippen LogP contribution in [0.2, 0.25) is 0 Å². The minimum atomic E-state index is -0.930. The topological polar surface area (TPSA) is 52.6 Å². The van der Waals surface area contributed by atoms with E-state index in [9.17, 15) is 14.0 Å². The summed E-state index contributed by atoms with van der Waals surface area (Å²) in [5.74, 6) is -2.18. The molecule has 0 N–H and O–H groups in total. The zero-order chi connectivity index (χ0) is 18.4. The number of hydrogen-bond donors (Lipinski definition) is 0. The van der Waals surface area contributed by atoms with E-state index in [-0.39, 0.29) is 0 Å². The van der Waals surface area contributed by atoms with Crippen LogP contribution in [-0.2, 0) is 19.1 Å². The Labute approximate surface area is 146 Å². The van der Waals surface area contributed by atoms with Gasteiger partial charge in [0.05, 0.1) is 5.92 Å². The second-order valence-electron chi connectivity index (χ2n) is 5.71. The lowest BCUT2D eigenvalue weighted by atomic mass is 9.97. The Morgan fingerprint density at radius 3 is 2.32 bits per heavy atom. The quantitative estimate of drug-likeness (QED) is 0.574. The highest BCUT2D eigenvalue weighted by Gasteiger charge is 2.23. The van der Waals surface area contributed by atoms with Gasteiger partial charge in [-0.2, -0.15) is 0 Å². The van der Waals surface area contributed by atoms with Crippen LogP contribution in [0.1, 0.15) is 38.7 Å². The monoisotopic (exact) mass is 344 g/mol. The number of benzene rings is 2. The van der Waals surface area contributed by atoms with Crippen molar-refractivity contribution in [3.63, 3.8) is 0 Å². The van der Waals surface area contributed by atoms with Gasteiger partial charge in [-0.05, 0) is 24.1 Å². The smallest absolute Gasteiger partial charge is 0.316 e. The van der Waals surface area contributed by atoms with Crippen LogP contribution < -0.4 is 0 Å². The van der Waals surface area contributed by atoms with Crippen LogP contribution in [0.15, 0.2) is 48.5 Å². The van der Waals surface area contributed by atoms with Crippen LogP contribution in [0.4, 0.5) is 4.39 Å². The Hall–Kier alpha value is -2.69. The summed E-state index contributed by atoms with van der Waals surface area (Å²) in [7, 11) is 0. The fourth-order valence-corrected chi connectivity index (χ4v) is 2.40. The molecule has 2 atom stereocenters. The summed E-state index contributed by atoms with van der Waals surface area (Å²) in [6.45, 7) is 4.61. The molecule has 0 aliphatic heterocycles. The van der Waals surface area contributed by atoms with Gasteiger partial charge in [0, 0.05) is 18.9 Å². The fraction of sp³-hybridized carbons (Fsp3) is 0.300. The number of ether oxygens (including phenoxy) is 2. The normalized spacial score (nSPS) is 13.0. The Morgan fingerprint density at radius 1 is 1.08 bits per heavy atom. The third kappa shape index (κ3) is 4.89. The second-order valence-corrected chi connectivity index (χ2v) is 5.71. The second kappa shape index (κ2) is 8.42. The molecule has 132 valence electrons. The molecule has 0 aliphatic rings. The van der Waals surface area contributed by atoms with Crippen LogP contribution in [0, 0.1) is 5.82 Å². The predicted molar refractivity (Wildman–Crippen MR) is 92.2 cm³/mol. The molecule has 0 saturated heterocycles. The summed E-state index contributed by atoms with van der Waals surface area (Å²) >= 11 is 0. The van der Waals surface area contributed by atoms with Gasteiger partial charge in [-0.15, -0.1) is 0 Å². The minimum absolute atomic E-state index is 0.347. The van der Waals surface area contributed by atoms with E-state index in [1.165, 1.54) is 13.0 Å². The van der Waals surface area contributed by atoms with Crippen molar-refractivity contribution >= 4 is 11.9 Å². The molecule has 2 unspecified atom stereocenters. The molecule has 0 radical (unpaired) electrons. The van der Waals surface area contributed by atoms with Gasteiger partial charge in [0.15, 0.2) is 0 Å². The highest BCUT2D eigenvalue weighted by Crippen LogP contribution is 2.27. The standard InChI is InChI=1S/C20H21FO4/c1-4-19(24-14(3)22)25-20(23)13(2)16-10-11-17(18(21)12-16)15-8-6-5-7-9-15/h5-13,19H,4H2,1-3H3. The Kier molecular flexibility index (Phi) is 6.28. The lowest BCUT2D eigenvalue weighted by molar-refractivity contribution is -0.187. The molecule has 0 fully saturated rings. The summed E-state index contributed by atoms with van der Waals surface area (Å²) < 4.78 is 24.5. The molecule has 2 aromatic carbocycles. The summed E-state index contributed by atoms with van der Waals surface area (Å²) in [4.78, 5) is 23.2. The van der Waals surface area contributed by atoms with Crippen molar-refractivity contribution in [3.05, 3.63) is 59.9 Å². The third-order valence-electron chi connectivity index (χ3n) is 3.81. The van der Waals surface area contributed by atoms with E-state index in [1.54, 1.807) is 26.0 Å². The van der Waals surface area contributed by atoms with Gasteiger partial charge in [-0.3, -0.25) is 9.59 Å². The molecule has 0 aromatic heterocycles. The average molecular weight is 344 g/mol. The van der Waals surface area contributed by atoms with Crippen LogP contribution in [0.5, 0.6) is 0 Å². The van der Waals surface area contributed by atoms with Crippen molar-refractivity contribution in [1.29, 1.82) is 0 Å². The number of rotatable bonds is 6. The summed E-state index contributed by atoms with van der Waals surface area (Å²) in [5.41, 5.74) is 1.74. The first-order valence-electron chi connectivity index (χ1n) is 8.15. The van der Waals surface area contributed by atoms with Gasteiger partial charge in [0.1, 0.15) is 5.82 Å².